The summed E-state index contributed by atoms with van der Waals surface area (Å²) in [5, 5.41) is 11.3. The highest BCUT2D eigenvalue weighted by atomic mass is 16.5. The molecule has 1 aliphatic heterocycles. The minimum atomic E-state index is 0.349. The molecule has 6 nitrogen and oxygen atoms in total. The lowest BCUT2D eigenvalue weighted by Gasteiger charge is -2.36. The predicted molar refractivity (Wildman–Crippen MR) is 120 cm³/mol. The third kappa shape index (κ3) is 6.88. The van der Waals surface area contributed by atoms with Crippen molar-refractivity contribution in [1.82, 2.24) is 16.0 Å². The first-order chi connectivity index (χ1) is 14.9. The van der Waals surface area contributed by atoms with E-state index in [0.717, 1.165) is 39.5 Å². The molecule has 0 aromatic rings. The molecule has 0 aromatic heterocycles. The summed E-state index contributed by atoms with van der Waals surface area (Å²) in [5.41, 5.74) is 0. The zero-order valence-corrected chi connectivity index (χ0v) is 18.9. The van der Waals surface area contributed by atoms with Crippen LogP contribution in [-0.2, 0) is 14.2 Å². The first kappa shape index (κ1) is 22.9. The average Bonchev–Trinajstić information content (AvgIpc) is 2.79. The van der Waals surface area contributed by atoms with Crippen LogP contribution in [0.4, 0.5) is 0 Å². The Balaban J connectivity index is 1.34. The molecule has 0 spiro atoms. The van der Waals surface area contributed by atoms with Crippen molar-refractivity contribution in [2.45, 2.75) is 113 Å². The minimum Gasteiger partial charge on any atom is -0.375 e. The molecule has 3 saturated carbocycles. The monoisotopic (exact) mass is 423 g/mol. The van der Waals surface area contributed by atoms with Gasteiger partial charge in [-0.05, 0) is 38.5 Å². The van der Waals surface area contributed by atoms with Gasteiger partial charge in [0.2, 0.25) is 0 Å². The van der Waals surface area contributed by atoms with Gasteiger partial charge in [-0.15, -0.1) is 0 Å². The van der Waals surface area contributed by atoms with Gasteiger partial charge in [0.25, 0.3) is 0 Å². The van der Waals surface area contributed by atoms with Gasteiger partial charge in [0, 0.05) is 37.8 Å². The molecule has 6 unspecified atom stereocenters. The van der Waals surface area contributed by atoms with Crippen LogP contribution in [0.2, 0.25) is 0 Å². The van der Waals surface area contributed by atoms with E-state index in [1.165, 1.54) is 77.0 Å². The highest BCUT2D eigenvalue weighted by molar-refractivity contribution is 4.85. The number of ether oxygens (including phenoxy) is 3. The summed E-state index contributed by atoms with van der Waals surface area (Å²) < 4.78 is 19.0. The second-order valence-corrected chi connectivity index (χ2v) is 9.76. The fraction of sp³-hybridized carbons (Fsp3) is 1.00. The maximum absolute atomic E-state index is 6.34. The fourth-order valence-corrected chi connectivity index (χ4v) is 5.95. The summed E-state index contributed by atoms with van der Waals surface area (Å²) in [5.74, 6) is 0. The molecule has 1 saturated heterocycles. The van der Waals surface area contributed by atoms with Crippen LogP contribution in [0.1, 0.15) is 77.0 Å². The molecule has 4 rings (SSSR count). The highest BCUT2D eigenvalue weighted by Gasteiger charge is 2.29. The van der Waals surface area contributed by atoms with E-state index in [4.69, 9.17) is 14.2 Å². The van der Waals surface area contributed by atoms with E-state index in [9.17, 15) is 0 Å². The van der Waals surface area contributed by atoms with E-state index in [1.807, 2.05) is 0 Å². The van der Waals surface area contributed by atoms with Crippen molar-refractivity contribution in [1.29, 1.82) is 0 Å². The van der Waals surface area contributed by atoms with Crippen LogP contribution in [0.3, 0.4) is 0 Å². The van der Waals surface area contributed by atoms with Crippen molar-refractivity contribution in [3.63, 3.8) is 0 Å². The Morgan fingerprint density at radius 1 is 0.400 bits per heavy atom. The van der Waals surface area contributed by atoms with Crippen LogP contribution >= 0.6 is 0 Å². The zero-order valence-electron chi connectivity index (χ0n) is 18.9. The van der Waals surface area contributed by atoms with Crippen molar-refractivity contribution in [3.05, 3.63) is 0 Å². The Bertz CT molecular complexity index is 372. The molecule has 0 aromatic carbocycles. The first-order valence-corrected chi connectivity index (χ1v) is 12.9. The minimum absolute atomic E-state index is 0.349. The molecule has 4 aliphatic rings. The molecule has 3 aliphatic carbocycles. The van der Waals surface area contributed by atoms with Gasteiger partial charge in [-0.2, -0.15) is 0 Å². The lowest BCUT2D eigenvalue weighted by atomic mass is 9.92. The Hall–Kier alpha value is -0.240. The molecule has 3 N–H and O–H groups in total. The summed E-state index contributed by atoms with van der Waals surface area (Å²) in [7, 11) is 0. The summed E-state index contributed by atoms with van der Waals surface area (Å²) in [6.45, 7) is 5.19. The standard InChI is InChI=1S/C24H45N3O3/c1-4-10-22-19(7-1)25-13-16-29-23-11-5-2-8-20(23)27-15-18-30-24-12-6-3-9-21(24)26-14-17-28-22/h19-27H,1-18H2. The molecule has 6 heteroatoms. The van der Waals surface area contributed by atoms with Crippen LogP contribution in [0.25, 0.3) is 0 Å². The van der Waals surface area contributed by atoms with Gasteiger partial charge in [-0.1, -0.05) is 38.5 Å². The molecule has 0 amide bonds. The zero-order chi connectivity index (χ0) is 20.4. The summed E-state index contributed by atoms with van der Waals surface area (Å²) >= 11 is 0. The Labute approximate surface area is 183 Å². The summed E-state index contributed by atoms with van der Waals surface area (Å²) in [4.78, 5) is 0. The molecule has 174 valence electrons. The van der Waals surface area contributed by atoms with Gasteiger partial charge in [0.05, 0.1) is 38.1 Å². The van der Waals surface area contributed by atoms with Crippen molar-refractivity contribution in [2.24, 2.45) is 0 Å². The molecular weight excluding hydrogens is 378 g/mol. The molecule has 1 heterocycles. The Kier molecular flexibility index (Phi) is 9.72. The van der Waals surface area contributed by atoms with Gasteiger partial charge >= 0.3 is 0 Å². The summed E-state index contributed by atoms with van der Waals surface area (Å²) in [6.07, 6.45) is 16.1. The summed E-state index contributed by atoms with van der Waals surface area (Å²) in [6, 6.07) is 1.44. The number of nitrogens with one attached hydrogen (secondary N) is 3. The van der Waals surface area contributed by atoms with Gasteiger partial charge < -0.3 is 30.2 Å². The lowest BCUT2D eigenvalue weighted by molar-refractivity contribution is -0.0234. The second kappa shape index (κ2) is 12.7. The van der Waals surface area contributed by atoms with Crippen molar-refractivity contribution >= 4 is 0 Å². The van der Waals surface area contributed by atoms with Crippen LogP contribution < -0.4 is 16.0 Å². The number of fused-ring (bicyclic) bond motifs is 3. The fourth-order valence-electron chi connectivity index (χ4n) is 5.95. The Morgan fingerprint density at radius 3 is 1.03 bits per heavy atom. The normalized spacial score (nSPS) is 40.8. The van der Waals surface area contributed by atoms with Gasteiger partial charge in [-0.25, -0.2) is 0 Å². The van der Waals surface area contributed by atoms with E-state index in [-0.39, 0.29) is 0 Å². The van der Waals surface area contributed by atoms with Crippen LogP contribution in [0, 0.1) is 0 Å². The van der Waals surface area contributed by atoms with E-state index >= 15 is 0 Å². The van der Waals surface area contributed by atoms with Crippen molar-refractivity contribution < 1.29 is 14.2 Å². The maximum Gasteiger partial charge on any atom is 0.0728 e. The first-order valence-electron chi connectivity index (χ1n) is 12.9. The number of rotatable bonds is 0. The van der Waals surface area contributed by atoms with E-state index in [2.05, 4.69) is 16.0 Å². The highest BCUT2D eigenvalue weighted by Crippen LogP contribution is 2.24. The van der Waals surface area contributed by atoms with Gasteiger partial charge in [0.15, 0.2) is 0 Å². The largest absolute Gasteiger partial charge is 0.375 e. The van der Waals surface area contributed by atoms with Crippen molar-refractivity contribution in [2.75, 3.05) is 39.5 Å². The SMILES string of the molecule is C1CCC2OCCNC3CCCCC3OCCNC3CCCCC3OCCNC2C1. The smallest absolute Gasteiger partial charge is 0.0728 e. The van der Waals surface area contributed by atoms with Crippen LogP contribution in [0.15, 0.2) is 0 Å². The quantitative estimate of drug-likeness (QED) is 0.557. The predicted octanol–water partition coefficient (Wildman–Crippen LogP) is 2.75. The van der Waals surface area contributed by atoms with Gasteiger partial charge in [-0.3, -0.25) is 0 Å². The third-order valence-electron chi connectivity index (χ3n) is 7.63. The molecule has 0 bridgehead atoms. The van der Waals surface area contributed by atoms with Gasteiger partial charge in [0.1, 0.15) is 0 Å². The van der Waals surface area contributed by atoms with Crippen molar-refractivity contribution in [3.8, 4) is 0 Å². The van der Waals surface area contributed by atoms with Crippen LogP contribution in [-0.4, -0.2) is 75.9 Å². The molecule has 30 heavy (non-hydrogen) atoms. The lowest BCUT2D eigenvalue weighted by Crippen LogP contribution is -2.49. The molecule has 6 atom stereocenters. The third-order valence-corrected chi connectivity index (χ3v) is 7.63. The molecule has 0 radical (unpaired) electrons. The molecular formula is C24H45N3O3. The average molecular weight is 424 g/mol. The number of hydrogen-bond donors (Lipinski definition) is 3. The van der Waals surface area contributed by atoms with E-state index in [1.54, 1.807) is 0 Å². The Morgan fingerprint density at radius 2 is 0.700 bits per heavy atom. The number of hydrogen-bond acceptors (Lipinski definition) is 6. The molecule has 4 fully saturated rings. The van der Waals surface area contributed by atoms with E-state index < -0.39 is 0 Å². The second-order valence-electron chi connectivity index (χ2n) is 9.76. The van der Waals surface area contributed by atoms with E-state index in [0.29, 0.717) is 36.4 Å². The maximum atomic E-state index is 6.34. The van der Waals surface area contributed by atoms with Crippen LogP contribution in [0.5, 0.6) is 0 Å². The topological polar surface area (TPSA) is 63.8 Å².